The Kier molecular flexibility index (Phi) is 10.4. The van der Waals surface area contributed by atoms with Crippen LogP contribution in [0, 0.1) is 98.1 Å². The second-order valence-corrected chi connectivity index (χ2v) is 34.1. The van der Waals surface area contributed by atoms with Gasteiger partial charge in [0.2, 0.25) is 0 Å². The molecule has 0 amide bonds. The number of carbonyl (C=O) groups is 2. The molecule has 0 aromatic heterocycles. The monoisotopic (exact) mass is 1120 g/mol. The standard InChI is InChI=1S/C70H89N3O5S2/c1-38-26-40-15-17-53-43-27-44-35-73(53)60(40)58-48-19-24-68-62(61(74)49-16-18-54(44)72(34-43)59(49)45-30-65(20-4-5-21-65)66(31-45)22-6-7-23-66)77-64(76)69(68)55(70(68)52-14-8-11-39(12-9-25-71)56(52)63(75)78-70)29-42-28-50-46(32-67(38,58)33-51(50)57(48)69)37-80-79-36-41-10-2-3-13-47(41)42/h8,11,14,28,38,41-47,49,51,53-55,58-59,74H,2-7,9-10,12-13,15-27,29-37,71H2,1H3. The number of benzene rings is 1. The average Bonchev–Trinajstić information content (AvgIpc) is 1.91. The molecule has 6 saturated carbocycles. The van der Waals surface area contributed by atoms with E-state index in [1.54, 1.807) is 22.4 Å². The smallest absolute Gasteiger partial charge is 0.339 e. The predicted octanol–water partition coefficient (Wildman–Crippen LogP) is 14.2. The van der Waals surface area contributed by atoms with E-state index in [9.17, 15) is 5.11 Å². The highest BCUT2D eigenvalue weighted by Gasteiger charge is 2.94. The molecular formula is C70H89N3O5S2. The van der Waals surface area contributed by atoms with Gasteiger partial charge in [0.25, 0.3) is 0 Å². The third kappa shape index (κ3) is 5.66. The molecule has 8 heterocycles. The van der Waals surface area contributed by atoms with Gasteiger partial charge in [0.15, 0.2) is 11.4 Å². The van der Waals surface area contributed by atoms with E-state index in [1.807, 2.05) is 0 Å². The maximum absolute atomic E-state index is 17.3. The molecule has 10 fully saturated rings. The van der Waals surface area contributed by atoms with E-state index in [0.717, 1.165) is 67.5 Å². The van der Waals surface area contributed by atoms with Gasteiger partial charge in [-0.3, -0.25) is 9.69 Å². The summed E-state index contributed by atoms with van der Waals surface area (Å²) in [6.07, 6.45) is 35.0. The van der Waals surface area contributed by atoms with Gasteiger partial charge in [-0.05, 0) is 216 Å². The third-order valence-corrected chi connectivity index (χ3v) is 32.2. The summed E-state index contributed by atoms with van der Waals surface area (Å²) in [6.45, 7) is 5.57. The van der Waals surface area contributed by atoms with Crippen molar-refractivity contribution in [3.8, 4) is 0 Å². The van der Waals surface area contributed by atoms with E-state index in [4.69, 9.17) is 15.2 Å². The van der Waals surface area contributed by atoms with E-state index in [2.05, 4.69) is 62.6 Å². The highest BCUT2D eigenvalue weighted by molar-refractivity contribution is 8.76. The van der Waals surface area contributed by atoms with Crippen LogP contribution in [0.5, 0.6) is 0 Å². The summed E-state index contributed by atoms with van der Waals surface area (Å²) >= 11 is 0. The zero-order chi connectivity index (χ0) is 53.0. The molecule has 19 rings (SSSR count). The van der Waals surface area contributed by atoms with Crippen LogP contribution in [-0.4, -0.2) is 76.1 Å². The Morgan fingerprint density at radius 1 is 0.812 bits per heavy atom. The minimum atomic E-state index is -1.15. The molecule has 18 atom stereocenters. The lowest BCUT2D eigenvalue weighted by Gasteiger charge is -2.75. The lowest BCUT2D eigenvalue weighted by Crippen LogP contribution is -2.78. The number of hydrogen-bond donors (Lipinski definition) is 2. The predicted molar refractivity (Wildman–Crippen MR) is 314 cm³/mol. The van der Waals surface area contributed by atoms with Crippen LogP contribution in [0.15, 0.2) is 63.8 Å². The highest BCUT2D eigenvalue weighted by Crippen LogP contribution is 2.90. The molecule has 1 aromatic rings. The number of piperidine rings is 3. The minimum Gasteiger partial charge on any atom is -0.508 e. The summed E-state index contributed by atoms with van der Waals surface area (Å²) in [5, 5.41) is 14.6. The summed E-state index contributed by atoms with van der Waals surface area (Å²) in [4.78, 5) is 39.3. The third-order valence-electron chi connectivity index (χ3n) is 29.7. The van der Waals surface area contributed by atoms with Gasteiger partial charge in [0, 0.05) is 77.7 Å². The van der Waals surface area contributed by atoms with E-state index in [1.165, 1.54) is 140 Å². The molecule has 8 nitrogen and oxygen atoms in total. The fraction of sp³-hybridized carbons (Fsp3) is 0.771. The number of fused-ring (bicyclic) bond motifs is 12. The molecule has 18 unspecified atom stereocenters. The Balaban J connectivity index is 0.914. The number of allylic oxidation sites excluding steroid dienone is 4. The fourth-order valence-corrected chi connectivity index (χ4v) is 30.3. The number of aryl methyl sites for hydroxylation is 1. The Morgan fingerprint density at radius 3 is 2.44 bits per heavy atom. The molecule has 10 aliphatic carbocycles. The van der Waals surface area contributed by atoms with E-state index in [-0.39, 0.29) is 53.0 Å². The second-order valence-electron chi connectivity index (χ2n) is 31.5. The average molecular weight is 1120 g/mol. The number of aliphatic hydroxyl groups excluding tert-OH is 1. The Labute approximate surface area is 484 Å². The van der Waals surface area contributed by atoms with E-state index >= 15 is 9.59 Å². The van der Waals surface area contributed by atoms with Crippen molar-refractivity contribution in [1.29, 1.82) is 0 Å². The Morgan fingerprint density at radius 2 is 1.61 bits per heavy atom. The van der Waals surface area contributed by atoms with Crippen molar-refractivity contribution < 1.29 is 24.2 Å². The van der Waals surface area contributed by atoms with Crippen LogP contribution in [0.3, 0.4) is 0 Å². The van der Waals surface area contributed by atoms with Gasteiger partial charge in [-0.2, -0.15) is 0 Å². The van der Waals surface area contributed by atoms with Crippen LogP contribution >= 0.6 is 21.6 Å². The largest absolute Gasteiger partial charge is 0.508 e. The maximum Gasteiger partial charge on any atom is 0.339 e. The number of rotatable bonds is 4. The van der Waals surface area contributed by atoms with Crippen molar-refractivity contribution >= 4 is 33.5 Å². The Hall–Kier alpha value is -2.66. The van der Waals surface area contributed by atoms with Crippen molar-refractivity contribution in [3.05, 3.63) is 80.5 Å². The van der Waals surface area contributed by atoms with E-state index in [0.29, 0.717) is 95.2 Å². The van der Waals surface area contributed by atoms with Crippen LogP contribution in [0.4, 0.5) is 0 Å². The SMILES string of the molecule is CC1CC2=C3C4C5=C6C7CC14CC1CSSCC4CCCCC4C(C=C17)CC1C64C(=O)OC(=C(O)C6CCC7C8CC(CN7C6C6CC7(CCCC7)C7(CCCC7)C6)C(CC2)N3C8)C4(CC5)C12OC(=O)c1c(CCCN)cccc12. The summed E-state index contributed by atoms with van der Waals surface area (Å²) in [5.74, 6) is 7.16. The number of carbonyl (C=O) groups excluding carboxylic acids is 2. The molecule has 1 aromatic carbocycles. The summed E-state index contributed by atoms with van der Waals surface area (Å²) in [6, 6.07) is 7.87. The number of aliphatic hydroxyl groups is 1. The normalized spacial score (nSPS) is 48.2. The summed E-state index contributed by atoms with van der Waals surface area (Å²) in [5.41, 5.74) is 15.0. The molecular weight excluding hydrogens is 1030 g/mol. The lowest BCUT2D eigenvalue weighted by atomic mass is 9.26. The quantitative estimate of drug-likeness (QED) is 0.172. The van der Waals surface area contributed by atoms with Crippen molar-refractivity contribution in [2.75, 3.05) is 31.1 Å². The number of nitrogens with zero attached hydrogens (tertiary/aromatic N) is 2. The number of ether oxygens (including phenoxy) is 2. The minimum absolute atomic E-state index is 0.0906. The first-order valence-electron chi connectivity index (χ1n) is 33.8. The molecule has 10 heteroatoms. The zero-order valence-corrected chi connectivity index (χ0v) is 49.6. The van der Waals surface area contributed by atoms with Crippen molar-refractivity contribution in [3.63, 3.8) is 0 Å². The molecule has 0 radical (unpaired) electrons. The van der Waals surface area contributed by atoms with E-state index < -0.39 is 16.4 Å². The van der Waals surface area contributed by atoms with Crippen molar-refractivity contribution in [1.82, 2.24) is 9.80 Å². The summed E-state index contributed by atoms with van der Waals surface area (Å²) < 4.78 is 15.3. The van der Waals surface area contributed by atoms with Crippen molar-refractivity contribution in [2.45, 2.75) is 204 Å². The Bertz CT molecular complexity index is 3030. The van der Waals surface area contributed by atoms with Gasteiger partial charge < -0.3 is 25.2 Å². The first-order chi connectivity index (χ1) is 39.1. The van der Waals surface area contributed by atoms with Crippen LogP contribution in [0.1, 0.15) is 195 Å². The van der Waals surface area contributed by atoms with Gasteiger partial charge >= 0.3 is 11.9 Å². The molecule has 4 saturated heterocycles. The molecule has 3 N–H and O–H groups in total. The zero-order valence-electron chi connectivity index (χ0n) is 48.0. The van der Waals surface area contributed by atoms with Gasteiger partial charge in [-0.25, -0.2) is 4.79 Å². The van der Waals surface area contributed by atoms with Gasteiger partial charge in [0.05, 0.1) is 11.0 Å². The van der Waals surface area contributed by atoms with Crippen LogP contribution in [0.25, 0.3) is 0 Å². The van der Waals surface area contributed by atoms with Gasteiger partial charge in [-0.1, -0.05) is 108 Å². The topological polar surface area (TPSA) is 105 Å². The molecule has 11 bridgehead atoms. The number of nitrogens with two attached hydrogens (primary N) is 1. The molecule has 8 aliphatic heterocycles. The molecule has 426 valence electrons. The van der Waals surface area contributed by atoms with Crippen LogP contribution in [0.2, 0.25) is 0 Å². The number of hydrogen-bond acceptors (Lipinski definition) is 10. The van der Waals surface area contributed by atoms with Crippen LogP contribution in [-0.2, 0) is 26.3 Å². The number of esters is 2. The molecule has 18 aliphatic rings. The van der Waals surface area contributed by atoms with Crippen molar-refractivity contribution in [2.24, 2.45) is 104 Å². The maximum atomic E-state index is 17.3. The summed E-state index contributed by atoms with van der Waals surface area (Å²) in [7, 11) is 4.38. The van der Waals surface area contributed by atoms with Gasteiger partial charge in [-0.15, -0.1) is 0 Å². The van der Waals surface area contributed by atoms with Gasteiger partial charge in [0.1, 0.15) is 11.2 Å². The first kappa shape index (κ1) is 49.6. The first-order valence-corrected chi connectivity index (χ1v) is 36.2. The lowest BCUT2D eigenvalue weighted by molar-refractivity contribution is -0.284. The van der Waals surface area contributed by atoms with Crippen LogP contribution < -0.4 is 5.73 Å². The molecule has 80 heavy (non-hydrogen) atoms. The fourth-order valence-electron chi connectivity index (χ4n) is 27.4. The second kappa shape index (κ2) is 16.9. The highest BCUT2D eigenvalue weighted by atomic mass is 33.1. The molecule has 6 spiro atoms.